The van der Waals surface area contributed by atoms with Crippen molar-refractivity contribution in [2.24, 2.45) is 5.73 Å². The summed E-state index contributed by atoms with van der Waals surface area (Å²) < 4.78 is 0. The van der Waals surface area contributed by atoms with Crippen LogP contribution in [0.15, 0.2) is 23.9 Å². The monoisotopic (exact) mass is 97.1 g/mol. The van der Waals surface area contributed by atoms with Gasteiger partial charge >= 0.3 is 0 Å². The molecule has 0 bridgehead atoms. The average molecular weight is 97.2 g/mol. The van der Waals surface area contributed by atoms with Crippen LogP contribution in [0, 0.1) is 0 Å². The molecule has 0 aliphatic carbocycles. The van der Waals surface area contributed by atoms with E-state index in [2.05, 4.69) is 0 Å². The predicted octanol–water partition coefficient (Wildman–Crippen LogP) is 1.43. The van der Waals surface area contributed by atoms with Crippen molar-refractivity contribution in [2.45, 2.75) is 13.8 Å². The van der Waals surface area contributed by atoms with Gasteiger partial charge in [-0.15, -0.1) is 0 Å². The van der Waals surface area contributed by atoms with E-state index in [1.165, 1.54) is 0 Å². The van der Waals surface area contributed by atoms with Crippen molar-refractivity contribution in [2.75, 3.05) is 0 Å². The second-order valence-electron chi connectivity index (χ2n) is 1.29. The number of nitrogens with two attached hydrogens (primary N) is 1. The normalized spacial score (nSPS) is 13.1. The minimum absolute atomic E-state index is 0.822. The molecule has 2 N–H and O–H groups in total. The van der Waals surface area contributed by atoms with E-state index in [0.29, 0.717) is 0 Å². The van der Waals surface area contributed by atoms with Crippen molar-refractivity contribution in [1.82, 2.24) is 0 Å². The summed E-state index contributed by atoms with van der Waals surface area (Å²) in [6.07, 6.45) is 5.63. The highest BCUT2D eigenvalue weighted by molar-refractivity contribution is 5.12. The Balaban J connectivity index is 3.58. The summed E-state index contributed by atoms with van der Waals surface area (Å²) in [7, 11) is 0. The summed E-state index contributed by atoms with van der Waals surface area (Å²) in [5.41, 5.74) is 6.18. The third-order valence-corrected chi connectivity index (χ3v) is 0.692. The van der Waals surface area contributed by atoms with Gasteiger partial charge in [0.25, 0.3) is 0 Å². The fourth-order valence-corrected chi connectivity index (χ4v) is 0.289. The molecule has 0 heterocycles. The van der Waals surface area contributed by atoms with Gasteiger partial charge < -0.3 is 5.73 Å². The maximum Gasteiger partial charge on any atom is 0.0267 e. The molecule has 0 fully saturated rings. The molecular weight excluding hydrogens is 86.1 g/mol. The molecular formula is C6H11N. The van der Waals surface area contributed by atoms with E-state index in [1.807, 2.05) is 32.1 Å². The second kappa shape index (κ2) is 3.47. The first-order chi connectivity index (χ1) is 3.31. The molecule has 1 nitrogen and oxygen atoms in total. The van der Waals surface area contributed by atoms with Crippen LogP contribution in [0.2, 0.25) is 0 Å². The van der Waals surface area contributed by atoms with Crippen LogP contribution in [0.3, 0.4) is 0 Å². The average Bonchev–Trinajstić information content (AvgIpc) is 1.68. The van der Waals surface area contributed by atoms with Gasteiger partial charge in [-0.3, -0.25) is 0 Å². The van der Waals surface area contributed by atoms with Crippen molar-refractivity contribution in [3.8, 4) is 0 Å². The fourth-order valence-electron chi connectivity index (χ4n) is 0.289. The van der Waals surface area contributed by atoms with Gasteiger partial charge in [-0.1, -0.05) is 12.2 Å². The minimum atomic E-state index is 0.822. The number of hydrogen-bond donors (Lipinski definition) is 1. The molecule has 0 amide bonds. The van der Waals surface area contributed by atoms with Crippen LogP contribution in [0.5, 0.6) is 0 Å². The summed E-state index contributed by atoms with van der Waals surface area (Å²) in [5, 5.41) is 0. The van der Waals surface area contributed by atoms with Gasteiger partial charge in [0.15, 0.2) is 0 Å². The number of rotatable bonds is 1. The Morgan fingerprint density at radius 3 is 2.14 bits per heavy atom. The van der Waals surface area contributed by atoms with Gasteiger partial charge in [0.05, 0.1) is 0 Å². The molecule has 1 heteroatoms. The van der Waals surface area contributed by atoms with Crippen LogP contribution in [-0.4, -0.2) is 0 Å². The fraction of sp³-hybridized carbons (Fsp3) is 0.333. The first-order valence-corrected chi connectivity index (χ1v) is 2.35. The Bertz CT molecular complexity index is 90.4. The van der Waals surface area contributed by atoms with Crippen molar-refractivity contribution in [3.63, 3.8) is 0 Å². The van der Waals surface area contributed by atoms with Crippen molar-refractivity contribution < 1.29 is 0 Å². The molecule has 0 rings (SSSR count). The van der Waals surface area contributed by atoms with Crippen LogP contribution in [0.4, 0.5) is 0 Å². The summed E-state index contributed by atoms with van der Waals surface area (Å²) >= 11 is 0. The van der Waals surface area contributed by atoms with E-state index >= 15 is 0 Å². The van der Waals surface area contributed by atoms with Gasteiger partial charge in [0, 0.05) is 5.70 Å². The molecule has 0 radical (unpaired) electrons. The Hall–Kier alpha value is -0.720. The largest absolute Gasteiger partial charge is 0.399 e. The SMILES string of the molecule is CC=CC(N)=CC. The van der Waals surface area contributed by atoms with Gasteiger partial charge in [0.1, 0.15) is 0 Å². The molecule has 0 atom stereocenters. The molecule has 7 heavy (non-hydrogen) atoms. The Kier molecular flexibility index (Phi) is 3.11. The van der Waals surface area contributed by atoms with Crippen molar-refractivity contribution in [3.05, 3.63) is 23.9 Å². The van der Waals surface area contributed by atoms with Crippen LogP contribution >= 0.6 is 0 Å². The van der Waals surface area contributed by atoms with E-state index in [-0.39, 0.29) is 0 Å². The zero-order valence-electron chi connectivity index (χ0n) is 4.81. The zero-order chi connectivity index (χ0) is 5.70. The molecule has 40 valence electrons. The predicted molar refractivity (Wildman–Crippen MR) is 32.8 cm³/mol. The third kappa shape index (κ3) is 3.10. The first-order valence-electron chi connectivity index (χ1n) is 2.35. The molecule has 0 aliphatic rings. The van der Waals surface area contributed by atoms with E-state index < -0.39 is 0 Å². The minimum Gasteiger partial charge on any atom is -0.399 e. The molecule has 0 unspecified atom stereocenters. The van der Waals surface area contributed by atoms with E-state index in [0.717, 1.165) is 5.70 Å². The van der Waals surface area contributed by atoms with E-state index in [9.17, 15) is 0 Å². The molecule has 0 aliphatic heterocycles. The molecule has 0 saturated carbocycles. The summed E-state index contributed by atoms with van der Waals surface area (Å²) in [6.45, 7) is 3.85. The standard InChI is InChI=1S/C6H11N/c1-3-5-6(7)4-2/h3-5H,7H2,1-2H3. The third-order valence-electron chi connectivity index (χ3n) is 0.692. The highest BCUT2D eigenvalue weighted by Crippen LogP contribution is 1.82. The van der Waals surface area contributed by atoms with Crippen LogP contribution in [-0.2, 0) is 0 Å². The lowest BCUT2D eigenvalue weighted by molar-refractivity contribution is 1.39. The lowest BCUT2D eigenvalue weighted by Crippen LogP contribution is -1.89. The molecule has 0 saturated heterocycles. The topological polar surface area (TPSA) is 26.0 Å². The summed E-state index contributed by atoms with van der Waals surface area (Å²) in [5.74, 6) is 0. The van der Waals surface area contributed by atoms with E-state index in [1.54, 1.807) is 0 Å². The lowest BCUT2D eigenvalue weighted by atomic mass is 10.4. The highest BCUT2D eigenvalue weighted by atomic mass is 14.5. The maximum atomic E-state index is 5.36. The van der Waals surface area contributed by atoms with Crippen LogP contribution < -0.4 is 5.73 Å². The van der Waals surface area contributed by atoms with Gasteiger partial charge in [-0.2, -0.15) is 0 Å². The summed E-state index contributed by atoms with van der Waals surface area (Å²) in [4.78, 5) is 0. The van der Waals surface area contributed by atoms with E-state index in [4.69, 9.17) is 5.73 Å². The Morgan fingerprint density at radius 1 is 1.43 bits per heavy atom. The molecule has 0 aromatic rings. The number of hydrogen-bond acceptors (Lipinski definition) is 1. The molecule has 0 aromatic carbocycles. The van der Waals surface area contributed by atoms with Crippen molar-refractivity contribution >= 4 is 0 Å². The quantitative estimate of drug-likeness (QED) is 0.492. The van der Waals surface area contributed by atoms with Gasteiger partial charge in [0.2, 0.25) is 0 Å². The Morgan fingerprint density at radius 2 is 2.00 bits per heavy atom. The molecule has 0 aromatic heterocycles. The first kappa shape index (κ1) is 6.28. The van der Waals surface area contributed by atoms with Crippen LogP contribution in [0.25, 0.3) is 0 Å². The Labute approximate surface area is 44.5 Å². The van der Waals surface area contributed by atoms with Gasteiger partial charge in [-0.25, -0.2) is 0 Å². The smallest absolute Gasteiger partial charge is 0.0267 e. The van der Waals surface area contributed by atoms with Crippen molar-refractivity contribution in [1.29, 1.82) is 0 Å². The lowest BCUT2D eigenvalue weighted by Gasteiger charge is -1.83. The second-order valence-corrected chi connectivity index (χ2v) is 1.29. The zero-order valence-corrected chi connectivity index (χ0v) is 4.81. The summed E-state index contributed by atoms with van der Waals surface area (Å²) in [6, 6.07) is 0. The maximum absolute atomic E-state index is 5.36. The molecule has 0 spiro atoms. The number of allylic oxidation sites excluding steroid dienone is 3. The highest BCUT2D eigenvalue weighted by Gasteiger charge is 1.69. The van der Waals surface area contributed by atoms with Crippen LogP contribution in [0.1, 0.15) is 13.8 Å². The van der Waals surface area contributed by atoms with Gasteiger partial charge in [-0.05, 0) is 19.9 Å².